The highest BCUT2D eigenvalue weighted by molar-refractivity contribution is 6.38. The zero-order valence-corrected chi connectivity index (χ0v) is 15.5. The molecule has 0 aliphatic carbocycles. The smallest absolute Gasteiger partial charge is 0.349 e. The van der Waals surface area contributed by atoms with Gasteiger partial charge in [-0.05, 0) is 45.4 Å². The number of allylic oxidation sites excluding steroid dienone is 1. The number of nitrogens with zero attached hydrogens (tertiary/aromatic N) is 2. The van der Waals surface area contributed by atoms with Gasteiger partial charge in [-0.3, -0.25) is 9.69 Å². The highest BCUT2D eigenvalue weighted by atomic mass is 16.5. The molecule has 1 aromatic rings. The Morgan fingerprint density at radius 1 is 1.31 bits per heavy atom. The molecule has 26 heavy (non-hydrogen) atoms. The molecule has 0 N–H and O–H groups in total. The van der Waals surface area contributed by atoms with Crippen LogP contribution in [0.25, 0.3) is 11.1 Å². The first-order valence-electron chi connectivity index (χ1n) is 8.35. The van der Waals surface area contributed by atoms with Crippen LogP contribution < -0.4 is 9.64 Å². The second-order valence-corrected chi connectivity index (χ2v) is 6.77. The summed E-state index contributed by atoms with van der Waals surface area (Å²) in [5.41, 5.74) is 2.28. The predicted octanol–water partition coefficient (Wildman–Crippen LogP) is 3.08. The van der Waals surface area contributed by atoms with Crippen molar-refractivity contribution >= 4 is 28.7 Å². The number of rotatable bonds is 3. The Morgan fingerprint density at radius 2 is 1.96 bits per heavy atom. The lowest BCUT2D eigenvalue weighted by Crippen LogP contribution is -2.46. The van der Waals surface area contributed by atoms with Crippen LogP contribution in [0.3, 0.4) is 0 Å². The van der Waals surface area contributed by atoms with Gasteiger partial charge in [0.25, 0.3) is 5.91 Å². The molecule has 0 aromatic heterocycles. The Labute approximate surface area is 152 Å². The molecule has 134 valence electrons. The number of ether oxygens (including phenoxy) is 2. The van der Waals surface area contributed by atoms with Gasteiger partial charge in [-0.25, -0.2) is 4.79 Å². The minimum Gasteiger partial charge on any atom is -0.497 e. The third-order valence-electron chi connectivity index (χ3n) is 4.64. The van der Waals surface area contributed by atoms with Gasteiger partial charge in [0.05, 0.1) is 30.5 Å². The number of benzene rings is 1. The van der Waals surface area contributed by atoms with Crippen molar-refractivity contribution in [3.8, 4) is 11.8 Å². The zero-order chi connectivity index (χ0) is 19.2. The molecule has 0 spiro atoms. The van der Waals surface area contributed by atoms with Crippen molar-refractivity contribution in [3.05, 3.63) is 34.9 Å². The van der Waals surface area contributed by atoms with Crippen molar-refractivity contribution in [1.82, 2.24) is 0 Å². The topological polar surface area (TPSA) is 79.6 Å². The molecular weight excluding hydrogens is 332 g/mol. The number of methoxy groups -OCH3 is 1. The van der Waals surface area contributed by atoms with E-state index in [0.29, 0.717) is 17.0 Å². The minimum atomic E-state index is -0.794. The molecule has 0 radical (unpaired) electrons. The number of hydrogen-bond acceptors (Lipinski definition) is 5. The maximum Gasteiger partial charge on any atom is 0.349 e. The van der Waals surface area contributed by atoms with Crippen LogP contribution >= 0.6 is 0 Å². The molecule has 0 unspecified atom stereocenters. The Kier molecular flexibility index (Phi) is 4.11. The second kappa shape index (κ2) is 6.03. The third-order valence-corrected chi connectivity index (χ3v) is 4.64. The summed E-state index contributed by atoms with van der Waals surface area (Å²) in [6, 6.07) is 5.41. The van der Waals surface area contributed by atoms with Crippen LogP contribution in [0.2, 0.25) is 0 Å². The van der Waals surface area contributed by atoms with Gasteiger partial charge in [0.2, 0.25) is 0 Å². The molecule has 3 rings (SSSR count). The van der Waals surface area contributed by atoms with E-state index in [4.69, 9.17) is 9.47 Å². The fraction of sp³-hybridized carbons (Fsp3) is 0.350. The number of carbonyl (C=O) groups is 2. The number of carbonyl (C=O) groups excluding carboxylic acids is 2. The summed E-state index contributed by atoms with van der Waals surface area (Å²) in [5.74, 6) is -0.621. The van der Waals surface area contributed by atoms with Crippen LogP contribution in [0.1, 0.15) is 38.8 Å². The molecule has 6 heteroatoms. The summed E-state index contributed by atoms with van der Waals surface area (Å²) in [4.78, 5) is 27.2. The van der Waals surface area contributed by atoms with Crippen LogP contribution in [-0.4, -0.2) is 31.1 Å². The van der Waals surface area contributed by atoms with E-state index in [-0.39, 0.29) is 23.7 Å². The van der Waals surface area contributed by atoms with Crippen molar-refractivity contribution in [2.75, 3.05) is 18.6 Å². The highest BCUT2D eigenvalue weighted by Crippen LogP contribution is 2.51. The number of anilines is 1. The lowest BCUT2D eigenvalue weighted by Gasteiger charge is -2.38. The zero-order valence-electron chi connectivity index (χ0n) is 15.5. The summed E-state index contributed by atoms with van der Waals surface area (Å²) in [6.45, 7) is 7.59. The fourth-order valence-corrected chi connectivity index (χ4v) is 3.66. The molecule has 2 aliphatic rings. The van der Waals surface area contributed by atoms with E-state index < -0.39 is 11.5 Å². The Hall–Kier alpha value is -3.07. The number of amides is 1. The Bertz CT molecular complexity index is 932. The molecule has 1 amide bonds. The summed E-state index contributed by atoms with van der Waals surface area (Å²) >= 11 is 0. The maximum absolute atomic E-state index is 13.2. The molecule has 0 saturated carbocycles. The van der Waals surface area contributed by atoms with E-state index >= 15 is 0 Å². The molecule has 1 aromatic carbocycles. The van der Waals surface area contributed by atoms with Gasteiger partial charge in [-0.2, -0.15) is 5.26 Å². The van der Waals surface area contributed by atoms with Gasteiger partial charge in [0.15, 0.2) is 5.57 Å². The van der Waals surface area contributed by atoms with Gasteiger partial charge in [-0.15, -0.1) is 0 Å². The number of nitriles is 1. The summed E-state index contributed by atoms with van der Waals surface area (Å²) in [6.07, 6.45) is 2.00. The van der Waals surface area contributed by atoms with Gasteiger partial charge >= 0.3 is 5.97 Å². The summed E-state index contributed by atoms with van der Waals surface area (Å²) < 4.78 is 10.3. The average Bonchev–Trinajstić information content (AvgIpc) is 2.87. The number of esters is 1. The van der Waals surface area contributed by atoms with Crippen LogP contribution in [0.4, 0.5) is 5.69 Å². The van der Waals surface area contributed by atoms with Crippen LogP contribution in [0, 0.1) is 11.3 Å². The highest BCUT2D eigenvalue weighted by Gasteiger charge is 2.46. The monoisotopic (exact) mass is 352 g/mol. The van der Waals surface area contributed by atoms with Crippen molar-refractivity contribution in [2.45, 2.75) is 33.2 Å². The minimum absolute atomic E-state index is 0.0669. The SMILES string of the molecule is CCOC(=O)/C(C#N)=C1\C(=O)N2c3c(cc(OC)cc31)C(C)=CC2(C)C. The van der Waals surface area contributed by atoms with E-state index in [1.165, 1.54) is 7.11 Å². The van der Waals surface area contributed by atoms with Crippen molar-refractivity contribution in [3.63, 3.8) is 0 Å². The van der Waals surface area contributed by atoms with Crippen molar-refractivity contribution in [2.24, 2.45) is 0 Å². The molecule has 2 aliphatic heterocycles. The number of hydrogen-bond donors (Lipinski definition) is 0. The molecule has 0 bridgehead atoms. The molecule has 6 nitrogen and oxygen atoms in total. The van der Waals surface area contributed by atoms with Gasteiger partial charge < -0.3 is 9.47 Å². The standard InChI is InChI=1S/C20H20N2O4/c1-6-26-19(24)15(10-21)16-14-8-12(25-5)7-13-11(2)9-20(3,4)22(17(13)14)18(16)23/h7-9H,6H2,1-5H3/b16-15-. The molecule has 0 fully saturated rings. The predicted molar refractivity (Wildman–Crippen MR) is 97.4 cm³/mol. The maximum atomic E-state index is 13.2. The fourth-order valence-electron chi connectivity index (χ4n) is 3.66. The van der Waals surface area contributed by atoms with Gasteiger partial charge in [0, 0.05) is 11.1 Å². The van der Waals surface area contributed by atoms with Crippen molar-refractivity contribution in [1.29, 1.82) is 5.26 Å². The molecule has 0 atom stereocenters. The largest absolute Gasteiger partial charge is 0.497 e. The van der Waals surface area contributed by atoms with E-state index in [1.54, 1.807) is 17.9 Å². The van der Waals surface area contributed by atoms with Crippen LogP contribution in [0.5, 0.6) is 5.75 Å². The Morgan fingerprint density at radius 3 is 2.54 bits per heavy atom. The summed E-state index contributed by atoms with van der Waals surface area (Å²) in [7, 11) is 1.54. The summed E-state index contributed by atoms with van der Waals surface area (Å²) in [5, 5.41) is 9.56. The van der Waals surface area contributed by atoms with E-state index in [9.17, 15) is 14.9 Å². The molecule has 2 heterocycles. The first-order valence-corrected chi connectivity index (χ1v) is 8.35. The van der Waals surface area contributed by atoms with Crippen LogP contribution in [0.15, 0.2) is 23.8 Å². The average molecular weight is 352 g/mol. The van der Waals surface area contributed by atoms with Crippen LogP contribution in [-0.2, 0) is 14.3 Å². The van der Waals surface area contributed by atoms with E-state index in [2.05, 4.69) is 0 Å². The quantitative estimate of drug-likeness (QED) is 0.474. The van der Waals surface area contributed by atoms with Gasteiger partial charge in [0.1, 0.15) is 11.8 Å². The molecule has 0 saturated heterocycles. The van der Waals surface area contributed by atoms with E-state index in [1.807, 2.05) is 39.0 Å². The first-order chi connectivity index (χ1) is 12.3. The molecular formula is C20H20N2O4. The normalized spacial score (nSPS) is 18.7. The third kappa shape index (κ3) is 2.39. The van der Waals surface area contributed by atoms with E-state index in [0.717, 1.165) is 11.1 Å². The lowest BCUT2D eigenvalue weighted by atomic mass is 9.88. The Balaban J connectivity index is 2.39. The second-order valence-electron chi connectivity index (χ2n) is 6.77. The lowest BCUT2D eigenvalue weighted by molar-refractivity contribution is -0.138. The first kappa shape index (κ1) is 17.7. The van der Waals surface area contributed by atoms with Gasteiger partial charge in [-0.1, -0.05) is 6.08 Å². The van der Waals surface area contributed by atoms with Crippen molar-refractivity contribution < 1.29 is 19.1 Å².